The fraction of sp³-hybridized carbons (Fsp3) is 0.577. The molecule has 0 aromatic carbocycles. The van der Waals surface area contributed by atoms with E-state index in [9.17, 15) is 27.6 Å². The summed E-state index contributed by atoms with van der Waals surface area (Å²) < 4.78 is 41.6. The van der Waals surface area contributed by atoms with Crippen molar-refractivity contribution in [3.05, 3.63) is 23.4 Å². The number of carbonyl (C=O) groups is 3. The molecule has 0 unspecified atom stereocenters. The third-order valence-electron chi connectivity index (χ3n) is 8.15. The predicted octanol–water partition coefficient (Wildman–Crippen LogP) is 4.01. The normalized spacial score (nSPS) is 26.0. The molecule has 0 spiro atoms. The number of aromatic nitrogens is 3. The minimum atomic E-state index is -4.45. The molecular formula is C26H29F3N6O3. The number of nitrogens with zero attached hydrogens (tertiary/aromatic N) is 3. The van der Waals surface area contributed by atoms with Gasteiger partial charge in [0.2, 0.25) is 5.91 Å². The predicted molar refractivity (Wildman–Crippen MR) is 132 cm³/mol. The van der Waals surface area contributed by atoms with Crippen molar-refractivity contribution in [3.63, 3.8) is 0 Å². The van der Waals surface area contributed by atoms with Crippen LogP contribution in [-0.2, 0) is 14.4 Å². The number of Topliss-reactive ketones (excluding diaryl/α,β-unsaturated/α-hetero) is 1. The molecule has 38 heavy (non-hydrogen) atoms. The molecule has 3 saturated carbocycles. The Bertz CT molecular complexity index is 1330. The Morgan fingerprint density at radius 1 is 1.11 bits per heavy atom. The van der Waals surface area contributed by atoms with Crippen LogP contribution < -0.4 is 16.0 Å². The summed E-state index contributed by atoms with van der Waals surface area (Å²) in [6.45, 7) is 0. The maximum Gasteiger partial charge on any atom is 0.401 e. The fourth-order valence-electron chi connectivity index (χ4n) is 5.53. The van der Waals surface area contributed by atoms with Gasteiger partial charge >= 0.3 is 6.18 Å². The molecule has 9 nitrogen and oxygen atoms in total. The molecule has 3 aliphatic carbocycles. The highest BCUT2D eigenvalue weighted by atomic mass is 19.4. The van der Waals surface area contributed by atoms with Crippen LogP contribution >= 0.6 is 0 Å². The number of imide groups is 1. The second kappa shape index (κ2) is 9.09. The van der Waals surface area contributed by atoms with Gasteiger partial charge in [-0.1, -0.05) is 0 Å². The van der Waals surface area contributed by atoms with Crippen LogP contribution in [0, 0.1) is 11.3 Å². The number of ketones is 1. The van der Waals surface area contributed by atoms with Gasteiger partial charge < -0.3 is 10.6 Å². The summed E-state index contributed by atoms with van der Waals surface area (Å²) in [6.07, 6.45) is 3.60. The molecule has 4 fully saturated rings. The summed E-state index contributed by atoms with van der Waals surface area (Å²) in [5, 5.41) is 13.6. The van der Waals surface area contributed by atoms with Crippen LogP contribution in [0.3, 0.4) is 0 Å². The molecular weight excluding hydrogens is 501 g/mol. The first kappa shape index (κ1) is 24.9. The van der Waals surface area contributed by atoms with Crippen molar-refractivity contribution in [2.75, 3.05) is 10.6 Å². The first-order valence-corrected chi connectivity index (χ1v) is 13.2. The summed E-state index contributed by atoms with van der Waals surface area (Å²) in [5.41, 5.74) is -0.572. The maximum atomic E-state index is 13.3. The first-order chi connectivity index (χ1) is 18.1. The smallest absolute Gasteiger partial charge is 0.367 e. The van der Waals surface area contributed by atoms with E-state index in [2.05, 4.69) is 21.0 Å². The molecule has 2 amide bonds. The van der Waals surface area contributed by atoms with Crippen molar-refractivity contribution in [1.29, 1.82) is 0 Å². The highest BCUT2D eigenvalue weighted by Crippen LogP contribution is 2.59. The largest absolute Gasteiger partial charge is 0.401 e. The lowest BCUT2D eigenvalue weighted by Gasteiger charge is -2.30. The number of carbonyl (C=O) groups excluding carboxylic acids is 3. The quantitative estimate of drug-likeness (QED) is 0.349. The zero-order valence-electron chi connectivity index (χ0n) is 20.7. The molecule has 2 aromatic heterocycles. The lowest BCUT2D eigenvalue weighted by Crippen LogP contribution is -2.35. The Morgan fingerprint density at radius 3 is 2.39 bits per heavy atom. The molecule has 3 heterocycles. The first-order valence-electron chi connectivity index (χ1n) is 13.2. The average molecular weight is 531 g/mol. The van der Waals surface area contributed by atoms with Gasteiger partial charge in [0.1, 0.15) is 22.8 Å². The van der Waals surface area contributed by atoms with E-state index in [1.807, 2.05) is 6.07 Å². The summed E-state index contributed by atoms with van der Waals surface area (Å²) in [7, 11) is 0. The van der Waals surface area contributed by atoms with Crippen molar-refractivity contribution in [2.24, 2.45) is 11.3 Å². The molecule has 202 valence electrons. The summed E-state index contributed by atoms with van der Waals surface area (Å²) >= 11 is 0. The highest BCUT2D eigenvalue weighted by Gasteiger charge is 2.67. The molecule has 6 rings (SSSR count). The van der Waals surface area contributed by atoms with E-state index in [-0.39, 0.29) is 43.6 Å². The van der Waals surface area contributed by atoms with Crippen LogP contribution in [0.25, 0.3) is 11.7 Å². The van der Waals surface area contributed by atoms with Crippen LogP contribution in [-0.4, -0.2) is 50.5 Å². The van der Waals surface area contributed by atoms with Crippen LogP contribution in [0.2, 0.25) is 0 Å². The monoisotopic (exact) mass is 530 g/mol. The molecule has 0 radical (unpaired) electrons. The van der Waals surface area contributed by atoms with Gasteiger partial charge in [0.15, 0.2) is 5.65 Å². The number of hydrogen-bond donors (Lipinski definition) is 3. The summed E-state index contributed by atoms with van der Waals surface area (Å²) in [5.74, 6) is -0.0511. The van der Waals surface area contributed by atoms with E-state index in [0.717, 1.165) is 31.5 Å². The van der Waals surface area contributed by atoms with Crippen LogP contribution in [0.4, 0.5) is 24.8 Å². The van der Waals surface area contributed by atoms with Gasteiger partial charge in [0.25, 0.3) is 5.91 Å². The average Bonchev–Trinajstić information content (AvgIpc) is 3.77. The van der Waals surface area contributed by atoms with Crippen molar-refractivity contribution >= 4 is 41.0 Å². The van der Waals surface area contributed by atoms with E-state index < -0.39 is 23.3 Å². The molecule has 1 saturated heterocycles. The van der Waals surface area contributed by atoms with Gasteiger partial charge in [-0.15, -0.1) is 0 Å². The molecule has 4 aliphatic rings. The number of nitrogens with one attached hydrogen (secondary N) is 3. The molecule has 1 aliphatic heterocycles. The lowest BCUT2D eigenvalue weighted by molar-refractivity contribution is -0.191. The number of rotatable bonds is 8. The topological polar surface area (TPSA) is 117 Å². The fourth-order valence-corrected chi connectivity index (χ4v) is 5.53. The Balaban J connectivity index is 1.16. The van der Waals surface area contributed by atoms with Crippen LogP contribution in [0.1, 0.15) is 69.8 Å². The zero-order chi connectivity index (χ0) is 26.7. The van der Waals surface area contributed by atoms with Crippen molar-refractivity contribution in [3.8, 4) is 0 Å². The number of alkyl halides is 3. The Kier molecular flexibility index (Phi) is 5.95. The van der Waals surface area contributed by atoms with Crippen molar-refractivity contribution in [2.45, 2.75) is 82.5 Å². The molecule has 0 bridgehead atoms. The second-order valence-corrected chi connectivity index (χ2v) is 11.1. The molecule has 2 aromatic rings. The third-order valence-corrected chi connectivity index (χ3v) is 8.15. The number of halogens is 3. The molecule has 0 atom stereocenters. The van der Waals surface area contributed by atoms with Gasteiger partial charge in [0, 0.05) is 35.7 Å². The lowest BCUT2D eigenvalue weighted by atomic mass is 9.80. The highest BCUT2D eigenvalue weighted by molar-refractivity contribution is 6.15. The second-order valence-electron chi connectivity index (χ2n) is 11.1. The molecule has 12 heteroatoms. The van der Waals surface area contributed by atoms with Gasteiger partial charge in [-0.05, 0) is 63.4 Å². The van der Waals surface area contributed by atoms with E-state index in [1.54, 1.807) is 16.8 Å². The minimum Gasteiger partial charge on any atom is -0.367 e. The van der Waals surface area contributed by atoms with Crippen LogP contribution in [0.5, 0.6) is 0 Å². The number of anilines is 2. The summed E-state index contributed by atoms with van der Waals surface area (Å²) in [6, 6.07) is 2.32. The Hall–Kier alpha value is -3.44. The SMILES string of the molecule is O=C1C/C(=C\c2cnn3c(NC4CC4)cc(NC4CCC(CC(=O)C5(C(F)(F)F)CC5)CC4)nc23)C(=O)N1. The Labute approximate surface area is 216 Å². The van der Waals surface area contributed by atoms with E-state index >= 15 is 0 Å². The van der Waals surface area contributed by atoms with E-state index in [1.165, 1.54) is 0 Å². The van der Waals surface area contributed by atoms with Crippen molar-refractivity contribution < 1.29 is 27.6 Å². The van der Waals surface area contributed by atoms with Crippen LogP contribution in [0.15, 0.2) is 17.8 Å². The number of hydrogen-bond acceptors (Lipinski definition) is 7. The van der Waals surface area contributed by atoms with E-state index in [0.29, 0.717) is 41.5 Å². The molecule has 3 N–H and O–H groups in total. The number of fused-ring (bicyclic) bond motifs is 1. The minimum absolute atomic E-state index is 0.00414. The maximum absolute atomic E-state index is 13.3. The van der Waals surface area contributed by atoms with Gasteiger partial charge in [-0.25, -0.2) is 4.98 Å². The van der Waals surface area contributed by atoms with E-state index in [4.69, 9.17) is 4.98 Å². The van der Waals surface area contributed by atoms with Gasteiger partial charge in [-0.3, -0.25) is 19.7 Å². The number of amides is 2. The third kappa shape index (κ3) is 4.76. The van der Waals surface area contributed by atoms with Gasteiger partial charge in [-0.2, -0.15) is 22.8 Å². The zero-order valence-corrected chi connectivity index (χ0v) is 20.7. The van der Waals surface area contributed by atoms with Crippen molar-refractivity contribution in [1.82, 2.24) is 19.9 Å². The van der Waals surface area contributed by atoms with Gasteiger partial charge in [0.05, 0.1) is 12.6 Å². The Morgan fingerprint density at radius 2 is 1.79 bits per heavy atom. The standard InChI is InChI=1S/C26H29F3N6O3/c27-26(28,29)25(7-8-25)19(36)9-14-1-3-17(4-2-14)31-20-12-21(32-18-5-6-18)35-23(33-20)16(13-30-35)10-15-11-22(37)34-24(15)38/h10,12-14,17-18,32H,1-9,11H2,(H,31,33)(H,34,37,38)/b15-10+. The summed E-state index contributed by atoms with van der Waals surface area (Å²) in [4.78, 5) is 40.8.